The zero-order chi connectivity index (χ0) is 13.3. The van der Waals surface area contributed by atoms with Crippen LogP contribution in [0.15, 0.2) is 0 Å². The van der Waals surface area contributed by atoms with E-state index in [4.69, 9.17) is 4.74 Å². The second-order valence-corrected chi connectivity index (χ2v) is 7.59. The number of carbonyl (C=O) groups is 1. The first-order chi connectivity index (χ1) is 9.14. The summed E-state index contributed by atoms with van der Waals surface area (Å²) in [5.41, 5.74) is -1.08. The first-order valence-electron chi connectivity index (χ1n) is 7.62. The fourth-order valence-electron chi connectivity index (χ4n) is 3.88. The van der Waals surface area contributed by atoms with Gasteiger partial charge in [-0.15, -0.1) is 0 Å². The molecule has 2 unspecified atom stereocenters. The predicted molar refractivity (Wildman–Crippen MR) is 76.4 cm³/mol. The number of aliphatic hydroxyl groups is 1. The largest absolute Gasteiger partial charge is 0.382 e. The third-order valence-corrected chi connectivity index (χ3v) is 6.29. The molecular formula is C15H24O3S. The van der Waals surface area contributed by atoms with E-state index in [1.807, 2.05) is 11.8 Å². The van der Waals surface area contributed by atoms with E-state index in [0.29, 0.717) is 19.4 Å². The third-order valence-electron chi connectivity index (χ3n) is 5.07. The molecule has 1 spiro atoms. The smallest absolute Gasteiger partial charge is 0.167 e. The van der Waals surface area contributed by atoms with Crippen LogP contribution in [0.2, 0.25) is 0 Å². The van der Waals surface area contributed by atoms with Gasteiger partial charge in [-0.3, -0.25) is 4.79 Å². The highest BCUT2D eigenvalue weighted by Gasteiger charge is 2.47. The van der Waals surface area contributed by atoms with Crippen LogP contribution in [-0.2, 0) is 9.53 Å². The number of ketones is 1. The Labute approximate surface area is 119 Å². The average molecular weight is 284 g/mol. The third kappa shape index (κ3) is 2.72. The molecule has 2 aliphatic heterocycles. The second-order valence-electron chi connectivity index (χ2n) is 6.48. The van der Waals surface area contributed by atoms with Gasteiger partial charge in [0.1, 0.15) is 5.60 Å². The molecule has 3 fully saturated rings. The fraction of sp³-hybridized carbons (Fsp3) is 0.933. The summed E-state index contributed by atoms with van der Waals surface area (Å²) in [7, 11) is 0. The highest BCUT2D eigenvalue weighted by molar-refractivity contribution is 7.99. The van der Waals surface area contributed by atoms with E-state index in [-0.39, 0.29) is 17.3 Å². The molecule has 108 valence electrons. The van der Waals surface area contributed by atoms with Crippen LogP contribution < -0.4 is 0 Å². The predicted octanol–water partition coefficient (Wildman–Crippen LogP) is 2.55. The van der Waals surface area contributed by atoms with E-state index in [1.165, 1.54) is 0 Å². The minimum absolute atomic E-state index is 0.0237. The number of ether oxygens (including phenoxy) is 1. The van der Waals surface area contributed by atoms with Crippen molar-refractivity contribution >= 4 is 17.5 Å². The molecule has 0 radical (unpaired) electrons. The molecule has 1 saturated carbocycles. The normalized spacial score (nSPS) is 38.5. The van der Waals surface area contributed by atoms with Crippen molar-refractivity contribution in [2.24, 2.45) is 5.92 Å². The van der Waals surface area contributed by atoms with Crippen LogP contribution in [-0.4, -0.2) is 40.2 Å². The monoisotopic (exact) mass is 284 g/mol. The van der Waals surface area contributed by atoms with E-state index in [2.05, 4.69) is 0 Å². The summed E-state index contributed by atoms with van der Waals surface area (Å²) < 4.78 is 5.97. The lowest BCUT2D eigenvalue weighted by atomic mass is 9.73. The molecule has 0 aromatic heterocycles. The molecule has 3 aliphatic rings. The lowest BCUT2D eigenvalue weighted by Gasteiger charge is -2.40. The van der Waals surface area contributed by atoms with Gasteiger partial charge in [-0.25, -0.2) is 0 Å². The summed E-state index contributed by atoms with van der Waals surface area (Å²) in [6.07, 6.45) is 7.19. The summed E-state index contributed by atoms with van der Waals surface area (Å²) >= 11 is 1.93. The zero-order valence-electron chi connectivity index (χ0n) is 11.5. The lowest BCUT2D eigenvalue weighted by molar-refractivity contribution is -0.154. The van der Waals surface area contributed by atoms with Gasteiger partial charge in [-0.05, 0) is 37.9 Å². The molecule has 2 atom stereocenters. The van der Waals surface area contributed by atoms with Crippen molar-refractivity contribution in [1.29, 1.82) is 0 Å². The Morgan fingerprint density at radius 2 is 2.00 bits per heavy atom. The number of hydrogen-bond acceptors (Lipinski definition) is 4. The van der Waals surface area contributed by atoms with E-state index < -0.39 is 5.60 Å². The number of hydrogen-bond donors (Lipinski definition) is 1. The lowest BCUT2D eigenvalue weighted by Crippen LogP contribution is -2.49. The molecule has 0 aromatic rings. The SMILES string of the molecule is O=C(C1CCOC2(CCSC2)C1)C1(O)CCCCC1. The van der Waals surface area contributed by atoms with Crippen molar-refractivity contribution in [3.05, 3.63) is 0 Å². The minimum atomic E-state index is -1.02. The highest BCUT2D eigenvalue weighted by atomic mass is 32.2. The molecule has 1 aliphatic carbocycles. The van der Waals surface area contributed by atoms with Crippen molar-refractivity contribution in [3.8, 4) is 0 Å². The zero-order valence-corrected chi connectivity index (χ0v) is 12.3. The maximum Gasteiger partial charge on any atom is 0.167 e. The molecule has 0 amide bonds. The molecule has 19 heavy (non-hydrogen) atoms. The van der Waals surface area contributed by atoms with E-state index >= 15 is 0 Å². The van der Waals surface area contributed by atoms with E-state index in [9.17, 15) is 9.90 Å². The molecular weight excluding hydrogens is 260 g/mol. The second kappa shape index (κ2) is 5.38. The number of thioether (sulfide) groups is 1. The van der Waals surface area contributed by atoms with Gasteiger partial charge in [0.2, 0.25) is 0 Å². The molecule has 2 saturated heterocycles. The van der Waals surface area contributed by atoms with Crippen molar-refractivity contribution < 1.29 is 14.6 Å². The van der Waals surface area contributed by atoms with Gasteiger partial charge in [0.15, 0.2) is 5.78 Å². The van der Waals surface area contributed by atoms with Gasteiger partial charge >= 0.3 is 0 Å². The van der Waals surface area contributed by atoms with Crippen molar-refractivity contribution in [2.75, 3.05) is 18.1 Å². The molecule has 2 heterocycles. The Morgan fingerprint density at radius 1 is 1.21 bits per heavy atom. The molecule has 3 nitrogen and oxygen atoms in total. The van der Waals surface area contributed by atoms with Crippen LogP contribution in [0.5, 0.6) is 0 Å². The maximum absolute atomic E-state index is 12.7. The van der Waals surface area contributed by atoms with Gasteiger partial charge in [-0.1, -0.05) is 19.3 Å². The van der Waals surface area contributed by atoms with Gasteiger partial charge in [0.05, 0.1) is 5.60 Å². The average Bonchev–Trinajstić information content (AvgIpc) is 2.87. The van der Waals surface area contributed by atoms with Gasteiger partial charge < -0.3 is 9.84 Å². The van der Waals surface area contributed by atoms with Gasteiger partial charge in [0, 0.05) is 18.3 Å². The quantitative estimate of drug-likeness (QED) is 0.846. The van der Waals surface area contributed by atoms with Crippen LogP contribution in [0.25, 0.3) is 0 Å². The van der Waals surface area contributed by atoms with Crippen LogP contribution in [0.1, 0.15) is 51.4 Å². The topological polar surface area (TPSA) is 46.5 Å². The Hall–Kier alpha value is -0.0600. The highest BCUT2D eigenvalue weighted by Crippen LogP contribution is 2.43. The van der Waals surface area contributed by atoms with Gasteiger partial charge in [0.25, 0.3) is 0 Å². The Balaban J connectivity index is 1.69. The number of carbonyl (C=O) groups excluding carboxylic acids is 1. The van der Waals surface area contributed by atoms with E-state index in [1.54, 1.807) is 0 Å². The van der Waals surface area contributed by atoms with Crippen LogP contribution in [0.3, 0.4) is 0 Å². The first kappa shape index (κ1) is 13.9. The number of Topliss-reactive ketones (excluding diaryl/α,β-unsaturated/α-hetero) is 1. The Bertz CT molecular complexity index is 343. The van der Waals surface area contributed by atoms with Gasteiger partial charge in [-0.2, -0.15) is 11.8 Å². The van der Waals surface area contributed by atoms with Crippen molar-refractivity contribution in [1.82, 2.24) is 0 Å². The maximum atomic E-state index is 12.7. The minimum Gasteiger partial charge on any atom is -0.382 e. The summed E-state index contributed by atoms with van der Waals surface area (Å²) in [6, 6.07) is 0. The Morgan fingerprint density at radius 3 is 2.68 bits per heavy atom. The van der Waals surface area contributed by atoms with Crippen LogP contribution >= 0.6 is 11.8 Å². The van der Waals surface area contributed by atoms with Crippen molar-refractivity contribution in [2.45, 2.75) is 62.6 Å². The summed E-state index contributed by atoms with van der Waals surface area (Å²) in [5, 5.41) is 10.6. The molecule has 3 rings (SSSR count). The van der Waals surface area contributed by atoms with Crippen LogP contribution in [0, 0.1) is 5.92 Å². The molecule has 0 aromatic carbocycles. The Kier molecular flexibility index (Phi) is 3.93. The molecule has 1 N–H and O–H groups in total. The first-order valence-corrected chi connectivity index (χ1v) is 8.78. The number of rotatable bonds is 2. The molecule has 0 bridgehead atoms. The van der Waals surface area contributed by atoms with E-state index in [0.717, 1.165) is 50.0 Å². The van der Waals surface area contributed by atoms with Crippen LogP contribution in [0.4, 0.5) is 0 Å². The standard InChI is InChI=1S/C15H24O3S/c16-13(15(17)5-2-1-3-6-15)12-4-8-18-14(10-12)7-9-19-11-14/h12,17H,1-11H2. The molecule has 4 heteroatoms. The summed E-state index contributed by atoms with van der Waals surface area (Å²) in [6.45, 7) is 0.688. The summed E-state index contributed by atoms with van der Waals surface area (Å²) in [5.74, 6) is 2.31. The van der Waals surface area contributed by atoms with Crippen molar-refractivity contribution in [3.63, 3.8) is 0 Å². The fourth-order valence-corrected chi connectivity index (χ4v) is 5.26. The summed E-state index contributed by atoms with van der Waals surface area (Å²) in [4.78, 5) is 12.7.